The van der Waals surface area contributed by atoms with Crippen LogP contribution in [0.4, 0.5) is 5.69 Å². The van der Waals surface area contributed by atoms with E-state index in [-0.39, 0.29) is 22.6 Å². The van der Waals surface area contributed by atoms with Crippen LogP contribution < -0.4 is 10.1 Å². The molecule has 0 aromatic heterocycles. The molecule has 2 amide bonds. The number of anilines is 1. The third-order valence-corrected chi connectivity index (χ3v) is 8.80. The number of piperidine rings is 1. The molecule has 0 bridgehead atoms. The molecule has 1 atom stereocenters. The van der Waals surface area contributed by atoms with Gasteiger partial charge in [-0.05, 0) is 44.9 Å². The van der Waals surface area contributed by atoms with Gasteiger partial charge >= 0.3 is 0 Å². The number of piperazine rings is 1. The van der Waals surface area contributed by atoms with E-state index >= 15 is 0 Å². The van der Waals surface area contributed by atoms with E-state index in [2.05, 4.69) is 17.1 Å². The summed E-state index contributed by atoms with van der Waals surface area (Å²) < 4.78 is 33.8. The summed E-state index contributed by atoms with van der Waals surface area (Å²) in [6.45, 7) is 10.4. The smallest absolute Gasteiger partial charge is 0.265 e. The summed E-state index contributed by atoms with van der Waals surface area (Å²) >= 11 is 0. The highest BCUT2D eigenvalue weighted by Crippen LogP contribution is 2.36. The number of rotatable bonds is 4. The fraction of sp³-hybridized carbons (Fsp3) is 0.636. The van der Waals surface area contributed by atoms with E-state index in [4.69, 9.17) is 4.74 Å². The highest BCUT2D eigenvalue weighted by molar-refractivity contribution is 7.89. The molecule has 32 heavy (non-hydrogen) atoms. The first kappa shape index (κ1) is 23.0. The molecule has 1 aromatic rings. The number of likely N-dealkylation sites (N-methyl/N-ethyl adjacent to an activating group) is 1. The van der Waals surface area contributed by atoms with Crippen LogP contribution in [-0.2, 0) is 19.6 Å². The Morgan fingerprint density at radius 3 is 2.41 bits per heavy atom. The third kappa shape index (κ3) is 4.35. The number of carbonyl (C=O) groups is 2. The predicted octanol–water partition coefficient (Wildman–Crippen LogP) is 1.28. The van der Waals surface area contributed by atoms with Crippen molar-refractivity contribution in [2.24, 2.45) is 5.92 Å². The molecule has 0 radical (unpaired) electrons. The Balaban J connectivity index is 1.43. The van der Waals surface area contributed by atoms with Gasteiger partial charge in [-0.1, -0.05) is 6.92 Å². The molecule has 3 heterocycles. The predicted molar refractivity (Wildman–Crippen MR) is 120 cm³/mol. The zero-order valence-electron chi connectivity index (χ0n) is 19.0. The van der Waals surface area contributed by atoms with Crippen LogP contribution in [0.1, 0.15) is 32.3 Å². The molecule has 4 rings (SSSR count). The number of nitrogens with one attached hydrogen (secondary N) is 1. The van der Waals surface area contributed by atoms with Crippen molar-refractivity contribution < 1.29 is 22.7 Å². The molecule has 1 N–H and O–H groups in total. The first-order valence-corrected chi connectivity index (χ1v) is 12.8. The van der Waals surface area contributed by atoms with Gasteiger partial charge in [0.05, 0.1) is 10.6 Å². The number of hydrogen-bond acceptors (Lipinski definition) is 6. The summed E-state index contributed by atoms with van der Waals surface area (Å²) in [5, 5.41) is 2.75. The summed E-state index contributed by atoms with van der Waals surface area (Å²) in [5.41, 5.74) is 1.03. The zero-order valence-corrected chi connectivity index (χ0v) is 19.8. The molecule has 0 saturated carbocycles. The van der Waals surface area contributed by atoms with Gasteiger partial charge in [0.15, 0.2) is 6.10 Å². The van der Waals surface area contributed by atoms with Crippen LogP contribution in [0.15, 0.2) is 17.0 Å². The molecule has 9 nitrogen and oxygen atoms in total. The Morgan fingerprint density at radius 2 is 1.78 bits per heavy atom. The topological polar surface area (TPSA) is 99.3 Å². The van der Waals surface area contributed by atoms with Gasteiger partial charge in [-0.3, -0.25) is 9.59 Å². The Morgan fingerprint density at radius 1 is 1.12 bits per heavy atom. The Labute approximate surface area is 189 Å². The quantitative estimate of drug-likeness (QED) is 0.721. The lowest BCUT2D eigenvalue weighted by Crippen LogP contribution is -2.51. The van der Waals surface area contributed by atoms with Crippen molar-refractivity contribution in [1.29, 1.82) is 0 Å². The summed E-state index contributed by atoms with van der Waals surface area (Å²) in [6, 6.07) is 3.14. The maximum Gasteiger partial charge on any atom is 0.265 e. The minimum Gasteiger partial charge on any atom is -0.479 e. The molecular formula is C22H32N4O5S. The van der Waals surface area contributed by atoms with Gasteiger partial charge in [-0.25, -0.2) is 8.42 Å². The Kier molecular flexibility index (Phi) is 6.46. The van der Waals surface area contributed by atoms with E-state index in [0.717, 1.165) is 32.7 Å². The Bertz CT molecular complexity index is 996. The van der Waals surface area contributed by atoms with Crippen molar-refractivity contribution in [1.82, 2.24) is 14.1 Å². The van der Waals surface area contributed by atoms with Crippen molar-refractivity contribution in [2.45, 2.75) is 44.6 Å². The molecule has 2 fully saturated rings. The van der Waals surface area contributed by atoms with Crippen LogP contribution in [0.5, 0.6) is 5.75 Å². The summed E-state index contributed by atoms with van der Waals surface area (Å²) in [4.78, 5) is 29.2. The number of amides is 2. The van der Waals surface area contributed by atoms with Crippen LogP contribution in [0.2, 0.25) is 0 Å². The first-order valence-electron chi connectivity index (χ1n) is 11.3. The molecule has 10 heteroatoms. The van der Waals surface area contributed by atoms with Crippen molar-refractivity contribution in [2.75, 3.05) is 51.1 Å². The third-order valence-electron chi connectivity index (χ3n) is 6.76. The van der Waals surface area contributed by atoms with Crippen molar-refractivity contribution in [3.8, 4) is 5.75 Å². The maximum absolute atomic E-state index is 13.4. The highest BCUT2D eigenvalue weighted by Gasteiger charge is 2.36. The number of fused-ring (bicyclic) bond motifs is 1. The standard InChI is InChI=1S/C22H32N4O5S/c1-4-24-9-11-25(12-10-24)22(28)17-5-7-26(8-6-17)32(29,30)20-14-19-18(13-15(20)2)23-21(27)16(3)31-19/h13-14,16-17H,4-12H2,1-3H3,(H,23,27)/t16-/m1/s1. The Hall–Kier alpha value is -2.17. The van der Waals surface area contributed by atoms with Gasteiger partial charge in [0.25, 0.3) is 5.91 Å². The summed E-state index contributed by atoms with van der Waals surface area (Å²) in [6.07, 6.45) is 0.376. The summed E-state index contributed by atoms with van der Waals surface area (Å²) in [7, 11) is -3.73. The fourth-order valence-electron chi connectivity index (χ4n) is 4.65. The minimum atomic E-state index is -3.73. The van der Waals surface area contributed by atoms with Gasteiger partial charge in [0.2, 0.25) is 15.9 Å². The van der Waals surface area contributed by atoms with Gasteiger partial charge in [-0.15, -0.1) is 0 Å². The molecule has 0 aliphatic carbocycles. The number of hydrogen-bond donors (Lipinski definition) is 1. The summed E-state index contributed by atoms with van der Waals surface area (Å²) in [5.74, 6) is 0.132. The minimum absolute atomic E-state index is 0.126. The average molecular weight is 465 g/mol. The second kappa shape index (κ2) is 8.99. The van der Waals surface area contributed by atoms with E-state index in [0.29, 0.717) is 42.9 Å². The highest BCUT2D eigenvalue weighted by atomic mass is 32.2. The van der Waals surface area contributed by atoms with Crippen molar-refractivity contribution in [3.63, 3.8) is 0 Å². The van der Waals surface area contributed by atoms with E-state index in [1.54, 1.807) is 19.9 Å². The number of aryl methyl sites for hydroxylation is 1. The molecule has 176 valence electrons. The molecule has 1 aromatic carbocycles. The molecule has 0 unspecified atom stereocenters. The number of nitrogens with zero attached hydrogens (tertiary/aromatic N) is 3. The van der Waals surface area contributed by atoms with E-state index in [9.17, 15) is 18.0 Å². The molecule has 2 saturated heterocycles. The normalized spacial score (nSPS) is 23.4. The number of carbonyl (C=O) groups excluding carboxylic acids is 2. The maximum atomic E-state index is 13.4. The number of benzene rings is 1. The monoisotopic (exact) mass is 464 g/mol. The zero-order chi connectivity index (χ0) is 23.0. The van der Waals surface area contributed by atoms with E-state index < -0.39 is 16.1 Å². The largest absolute Gasteiger partial charge is 0.479 e. The first-order chi connectivity index (χ1) is 15.2. The van der Waals surface area contributed by atoms with E-state index in [1.165, 1.54) is 10.4 Å². The lowest BCUT2D eigenvalue weighted by molar-refractivity contribution is -0.138. The number of sulfonamides is 1. The lowest BCUT2D eigenvalue weighted by Gasteiger charge is -2.38. The van der Waals surface area contributed by atoms with E-state index in [1.807, 2.05) is 4.90 Å². The van der Waals surface area contributed by atoms with Crippen molar-refractivity contribution >= 4 is 27.5 Å². The lowest BCUT2D eigenvalue weighted by atomic mass is 9.96. The second-order valence-corrected chi connectivity index (χ2v) is 10.7. The van der Waals surface area contributed by atoms with Gasteiger partial charge in [0.1, 0.15) is 5.75 Å². The average Bonchev–Trinajstić information content (AvgIpc) is 2.79. The van der Waals surface area contributed by atoms with Gasteiger partial charge in [-0.2, -0.15) is 4.31 Å². The van der Waals surface area contributed by atoms with Crippen LogP contribution in [0.25, 0.3) is 0 Å². The number of ether oxygens (including phenoxy) is 1. The fourth-order valence-corrected chi connectivity index (χ4v) is 6.34. The van der Waals surface area contributed by atoms with Crippen LogP contribution in [0.3, 0.4) is 0 Å². The SMILES string of the molecule is CCN1CCN(C(=O)C2CCN(S(=O)(=O)c3cc4c(cc3C)NC(=O)[C@@H](C)O4)CC2)CC1. The van der Waals surface area contributed by atoms with Gasteiger partial charge < -0.3 is 19.9 Å². The van der Waals surface area contributed by atoms with Crippen LogP contribution >= 0.6 is 0 Å². The molecule has 3 aliphatic heterocycles. The van der Waals surface area contributed by atoms with Gasteiger partial charge in [0, 0.05) is 51.3 Å². The van der Waals surface area contributed by atoms with Crippen molar-refractivity contribution in [3.05, 3.63) is 17.7 Å². The van der Waals surface area contributed by atoms with Crippen LogP contribution in [-0.4, -0.2) is 86.3 Å². The second-order valence-electron chi connectivity index (χ2n) is 8.80. The molecule has 0 spiro atoms. The van der Waals surface area contributed by atoms with Crippen LogP contribution in [0, 0.1) is 12.8 Å². The molecular weight excluding hydrogens is 432 g/mol. The molecule has 3 aliphatic rings.